The van der Waals surface area contributed by atoms with E-state index in [1.165, 1.54) is 10.8 Å². The molecule has 1 aliphatic heterocycles. The number of aliphatic hydroxyl groups excluding tert-OH is 1. The molecule has 5 nitrogen and oxygen atoms in total. The van der Waals surface area contributed by atoms with Crippen LogP contribution in [0.1, 0.15) is 13.3 Å². The summed E-state index contributed by atoms with van der Waals surface area (Å²) in [7, 11) is 0. The molecule has 0 spiro atoms. The highest BCUT2D eigenvalue weighted by molar-refractivity contribution is 5.86. The Balaban J connectivity index is 1.49. The molecule has 0 saturated carbocycles. The molecule has 1 saturated heterocycles. The van der Waals surface area contributed by atoms with Crippen LogP contribution in [0.25, 0.3) is 22.0 Å². The number of benzene rings is 2. The fourth-order valence-corrected chi connectivity index (χ4v) is 4.06. The first kappa shape index (κ1) is 18.8. The normalized spacial score (nSPS) is 17.0. The molecular weight excluding hydrogens is 348 g/mol. The van der Waals surface area contributed by atoms with E-state index in [4.69, 9.17) is 4.98 Å². The lowest BCUT2D eigenvalue weighted by atomic mass is 10.1. The van der Waals surface area contributed by atoms with Gasteiger partial charge < -0.3 is 14.9 Å². The van der Waals surface area contributed by atoms with Crippen LogP contribution >= 0.6 is 0 Å². The first-order valence-corrected chi connectivity index (χ1v) is 10.2. The van der Waals surface area contributed by atoms with Crippen molar-refractivity contribution in [2.75, 3.05) is 44.2 Å². The quantitative estimate of drug-likeness (QED) is 0.685. The van der Waals surface area contributed by atoms with E-state index in [-0.39, 0.29) is 6.61 Å². The van der Waals surface area contributed by atoms with Crippen molar-refractivity contribution in [1.29, 1.82) is 0 Å². The zero-order valence-corrected chi connectivity index (χ0v) is 16.5. The fourth-order valence-electron chi connectivity index (χ4n) is 4.06. The monoisotopic (exact) mass is 376 g/mol. The van der Waals surface area contributed by atoms with Crippen molar-refractivity contribution in [3.8, 4) is 11.3 Å². The van der Waals surface area contributed by atoms with Crippen LogP contribution < -0.4 is 4.90 Å². The van der Waals surface area contributed by atoms with Gasteiger partial charge in [0, 0.05) is 37.9 Å². The molecule has 0 aliphatic carbocycles. The molecule has 1 N–H and O–H groups in total. The van der Waals surface area contributed by atoms with Crippen molar-refractivity contribution < 1.29 is 5.11 Å². The second kappa shape index (κ2) is 8.67. The van der Waals surface area contributed by atoms with Gasteiger partial charge in [-0.3, -0.25) is 0 Å². The average molecular weight is 377 g/mol. The third kappa shape index (κ3) is 4.16. The molecule has 0 bridgehead atoms. The number of fused-ring (bicyclic) bond motifs is 1. The zero-order chi connectivity index (χ0) is 19.3. The number of aromatic nitrogens is 2. The Morgan fingerprint density at radius 1 is 1.14 bits per heavy atom. The number of nitrogens with zero attached hydrogens (tertiary/aromatic N) is 4. The van der Waals surface area contributed by atoms with Crippen LogP contribution in [-0.4, -0.2) is 59.3 Å². The lowest BCUT2D eigenvalue weighted by Crippen LogP contribution is -2.33. The first-order valence-electron chi connectivity index (χ1n) is 10.2. The summed E-state index contributed by atoms with van der Waals surface area (Å²) in [5.74, 6) is 1.41. The average Bonchev–Trinajstić information content (AvgIpc) is 3.22. The standard InChI is InChI=1S/C23H28N4O/c1-2-26(13-14-28)16-18-10-12-27(17-18)23-24-11-9-22(25-23)21-8-7-19-5-3-4-6-20(19)15-21/h3-9,11,15,18,28H,2,10,12-14,16-17H2,1H3. The van der Waals surface area contributed by atoms with Crippen molar-refractivity contribution in [2.45, 2.75) is 13.3 Å². The molecule has 146 valence electrons. The van der Waals surface area contributed by atoms with Crippen LogP contribution in [0.15, 0.2) is 54.7 Å². The maximum absolute atomic E-state index is 9.20. The van der Waals surface area contributed by atoms with Crippen LogP contribution in [0.2, 0.25) is 0 Å². The Kier molecular flexibility index (Phi) is 5.84. The van der Waals surface area contributed by atoms with Crippen LogP contribution in [0.4, 0.5) is 5.95 Å². The van der Waals surface area contributed by atoms with E-state index >= 15 is 0 Å². The van der Waals surface area contributed by atoms with Crippen molar-refractivity contribution in [1.82, 2.24) is 14.9 Å². The summed E-state index contributed by atoms with van der Waals surface area (Å²) in [6, 6.07) is 16.9. The minimum Gasteiger partial charge on any atom is -0.395 e. The van der Waals surface area contributed by atoms with E-state index in [2.05, 4.69) is 64.2 Å². The van der Waals surface area contributed by atoms with Gasteiger partial charge in [0.2, 0.25) is 5.95 Å². The summed E-state index contributed by atoms with van der Waals surface area (Å²) in [5, 5.41) is 11.7. The number of anilines is 1. The Morgan fingerprint density at radius 3 is 2.82 bits per heavy atom. The SMILES string of the molecule is CCN(CCO)CC1CCN(c2nccc(-c3ccc4ccccc4c3)n2)C1. The molecule has 1 aromatic heterocycles. The molecule has 2 aromatic carbocycles. The molecule has 3 aromatic rings. The molecular formula is C23H28N4O. The van der Waals surface area contributed by atoms with Gasteiger partial charge in [-0.05, 0) is 41.8 Å². The summed E-state index contributed by atoms with van der Waals surface area (Å²) in [4.78, 5) is 14.0. The summed E-state index contributed by atoms with van der Waals surface area (Å²) < 4.78 is 0. The van der Waals surface area contributed by atoms with Gasteiger partial charge in [-0.15, -0.1) is 0 Å². The highest BCUT2D eigenvalue weighted by Crippen LogP contribution is 2.26. The Morgan fingerprint density at radius 2 is 2.00 bits per heavy atom. The molecule has 1 unspecified atom stereocenters. The minimum absolute atomic E-state index is 0.223. The Labute approximate surface area is 166 Å². The topological polar surface area (TPSA) is 52.5 Å². The van der Waals surface area contributed by atoms with Crippen LogP contribution in [0.3, 0.4) is 0 Å². The number of likely N-dealkylation sites (N-methyl/N-ethyl adjacent to an activating group) is 1. The summed E-state index contributed by atoms with van der Waals surface area (Å²) in [6.45, 7) is 7.09. The molecule has 1 aliphatic rings. The molecule has 5 heteroatoms. The number of aliphatic hydroxyl groups is 1. The lowest BCUT2D eigenvalue weighted by molar-refractivity contribution is 0.185. The van der Waals surface area contributed by atoms with Gasteiger partial charge in [0.05, 0.1) is 12.3 Å². The Hall–Kier alpha value is -2.50. The molecule has 0 amide bonds. The van der Waals surface area contributed by atoms with Crippen molar-refractivity contribution in [2.24, 2.45) is 5.92 Å². The first-order chi connectivity index (χ1) is 13.8. The molecule has 2 heterocycles. The van der Waals surface area contributed by atoms with Crippen molar-refractivity contribution in [3.63, 3.8) is 0 Å². The zero-order valence-electron chi connectivity index (χ0n) is 16.5. The van der Waals surface area contributed by atoms with Gasteiger partial charge in [0.15, 0.2) is 0 Å². The van der Waals surface area contributed by atoms with Gasteiger partial charge in [-0.2, -0.15) is 0 Å². The molecule has 28 heavy (non-hydrogen) atoms. The number of hydrogen-bond donors (Lipinski definition) is 1. The van der Waals surface area contributed by atoms with E-state index in [0.29, 0.717) is 5.92 Å². The number of rotatable bonds is 7. The fraction of sp³-hybridized carbons (Fsp3) is 0.391. The molecule has 0 radical (unpaired) electrons. The van der Waals surface area contributed by atoms with E-state index in [1.54, 1.807) is 0 Å². The second-order valence-electron chi connectivity index (χ2n) is 7.52. The van der Waals surface area contributed by atoms with Gasteiger partial charge in [-0.25, -0.2) is 9.97 Å². The maximum atomic E-state index is 9.20. The van der Waals surface area contributed by atoms with Gasteiger partial charge in [-0.1, -0.05) is 43.3 Å². The highest BCUT2D eigenvalue weighted by atomic mass is 16.3. The van der Waals surface area contributed by atoms with Gasteiger partial charge >= 0.3 is 0 Å². The number of hydrogen-bond acceptors (Lipinski definition) is 5. The highest BCUT2D eigenvalue weighted by Gasteiger charge is 2.25. The minimum atomic E-state index is 0.223. The largest absolute Gasteiger partial charge is 0.395 e. The second-order valence-corrected chi connectivity index (χ2v) is 7.52. The van der Waals surface area contributed by atoms with E-state index in [0.717, 1.165) is 56.4 Å². The third-order valence-electron chi connectivity index (χ3n) is 5.64. The molecule has 1 fully saturated rings. The maximum Gasteiger partial charge on any atom is 0.225 e. The summed E-state index contributed by atoms with van der Waals surface area (Å²) in [6.07, 6.45) is 3.01. The van der Waals surface area contributed by atoms with Gasteiger partial charge in [0.1, 0.15) is 0 Å². The van der Waals surface area contributed by atoms with Crippen LogP contribution in [0.5, 0.6) is 0 Å². The summed E-state index contributed by atoms with van der Waals surface area (Å²) >= 11 is 0. The smallest absolute Gasteiger partial charge is 0.225 e. The Bertz CT molecular complexity index is 929. The van der Waals surface area contributed by atoms with E-state index in [1.807, 2.05) is 12.3 Å². The third-order valence-corrected chi connectivity index (χ3v) is 5.64. The predicted molar refractivity (Wildman–Crippen MR) is 114 cm³/mol. The van der Waals surface area contributed by atoms with E-state index < -0.39 is 0 Å². The van der Waals surface area contributed by atoms with Crippen molar-refractivity contribution in [3.05, 3.63) is 54.7 Å². The lowest BCUT2D eigenvalue weighted by Gasteiger charge is -2.23. The molecule has 1 atom stereocenters. The summed E-state index contributed by atoms with van der Waals surface area (Å²) in [5.41, 5.74) is 2.09. The van der Waals surface area contributed by atoms with Crippen LogP contribution in [-0.2, 0) is 0 Å². The van der Waals surface area contributed by atoms with Gasteiger partial charge in [0.25, 0.3) is 0 Å². The predicted octanol–water partition coefficient (Wildman–Crippen LogP) is 3.44. The van der Waals surface area contributed by atoms with E-state index in [9.17, 15) is 5.11 Å². The van der Waals surface area contributed by atoms with Crippen LogP contribution in [0, 0.1) is 5.92 Å². The van der Waals surface area contributed by atoms with Crippen molar-refractivity contribution >= 4 is 16.7 Å². The molecule has 4 rings (SSSR count).